The van der Waals surface area contributed by atoms with Crippen LogP contribution >= 0.6 is 0 Å². The van der Waals surface area contributed by atoms with Crippen molar-refractivity contribution < 1.29 is 33.6 Å². The fourth-order valence-corrected chi connectivity index (χ4v) is 13.0. The molecule has 5 saturated carbocycles. The number of nitrogens with zero attached hydrogens (tertiary/aromatic N) is 1. The number of carbonyl (C=O) groups excluding carboxylic acids is 2. The second kappa shape index (κ2) is 10.7. The molecule has 45 heavy (non-hydrogen) atoms. The van der Waals surface area contributed by atoms with Crippen LogP contribution in [-0.4, -0.2) is 86.1 Å². The van der Waals surface area contributed by atoms with E-state index in [2.05, 4.69) is 46.9 Å². The van der Waals surface area contributed by atoms with E-state index >= 15 is 0 Å². The number of fused-ring (bicyclic) bond motifs is 4. The molecule has 0 bridgehead atoms. The lowest BCUT2D eigenvalue weighted by molar-refractivity contribution is -0.185. The molecular formula is C36H58N2O7. The molecule has 2 N–H and O–H groups in total. The molecule has 7 fully saturated rings. The Labute approximate surface area is 269 Å². The highest BCUT2D eigenvalue weighted by Gasteiger charge is 2.84. The number of alkyl carbamates (subject to hydrolysis) is 1. The average molecular weight is 631 g/mol. The van der Waals surface area contributed by atoms with E-state index in [4.69, 9.17) is 18.9 Å². The van der Waals surface area contributed by atoms with Crippen LogP contribution in [0.4, 0.5) is 9.59 Å². The maximum Gasteiger partial charge on any atom is 0.410 e. The highest BCUT2D eigenvalue weighted by atomic mass is 16.6. The van der Waals surface area contributed by atoms with Crippen molar-refractivity contribution in [2.75, 3.05) is 33.4 Å². The van der Waals surface area contributed by atoms with E-state index in [1.165, 1.54) is 12.8 Å². The van der Waals surface area contributed by atoms with E-state index in [0.717, 1.165) is 44.9 Å². The Morgan fingerprint density at radius 1 is 0.933 bits per heavy atom. The number of hydrogen-bond donors (Lipinski definition) is 2. The first-order chi connectivity index (χ1) is 21.3. The molecule has 2 saturated heterocycles. The third-order valence-corrected chi connectivity index (χ3v) is 15.4. The standard InChI is InChI=1S/C36H58N2O7/c1-21(2)27(45-30(40)37-7)23-9-8-22-28(43-23)29(39)34(6)25-11-10-24-32(3,4)26(44-31(41)38-16-18-42-19-17-38)12-13-35(24)20-36(25,35)15-14-33(22,34)5/h21-29,39H,8-20H2,1-7H3,(H,37,40)/t22-,23?,24-,25?,26?,27?,28?,29-,33?,34+,35?,36?/m0/s1. The number of ether oxygens (including phenoxy) is 4. The van der Waals surface area contributed by atoms with Crippen molar-refractivity contribution in [3.63, 3.8) is 0 Å². The predicted octanol–water partition coefficient (Wildman–Crippen LogP) is 5.77. The van der Waals surface area contributed by atoms with Crippen LogP contribution in [0.15, 0.2) is 0 Å². The highest BCUT2D eigenvalue weighted by Crippen LogP contribution is 2.89. The van der Waals surface area contributed by atoms with Gasteiger partial charge in [0.1, 0.15) is 12.2 Å². The van der Waals surface area contributed by atoms with E-state index in [1.807, 2.05) is 4.90 Å². The zero-order valence-electron chi connectivity index (χ0n) is 28.7. The minimum atomic E-state index is -0.543. The van der Waals surface area contributed by atoms with E-state index in [0.29, 0.717) is 44.1 Å². The molecule has 2 aliphatic heterocycles. The fourth-order valence-electron chi connectivity index (χ4n) is 13.0. The van der Waals surface area contributed by atoms with Gasteiger partial charge in [-0.3, -0.25) is 0 Å². The molecule has 2 heterocycles. The lowest BCUT2D eigenvalue weighted by Gasteiger charge is -2.63. The zero-order chi connectivity index (χ0) is 32.2. The van der Waals surface area contributed by atoms with Gasteiger partial charge in [-0.15, -0.1) is 0 Å². The number of amides is 2. The summed E-state index contributed by atoms with van der Waals surface area (Å²) in [4.78, 5) is 27.2. The molecule has 2 amide bonds. The Morgan fingerprint density at radius 3 is 2.31 bits per heavy atom. The maximum atomic E-state index is 13.1. The molecule has 8 unspecified atom stereocenters. The molecule has 5 aliphatic carbocycles. The van der Waals surface area contributed by atoms with Gasteiger partial charge in [0.05, 0.1) is 31.5 Å². The first-order valence-corrected chi connectivity index (χ1v) is 18.0. The van der Waals surface area contributed by atoms with Crippen molar-refractivity contribution in [1.82, 2.24) is 10.2 Å². The van der Waals surface area contributed by atoms with Gasteiger partial charge in [-0.05, 0) is 97.7 Å². The van der Waals surface area contributed by atoms with Crippen LogP contribution in [0.2, 0.25) is 0 Å². The SMILES string of the molecule is CNC(=O)OC(C(C)C)C1CC[C@H]2C(O1)[C@H](O)[C@@]1(C)C3CC[C@H]4C(C)(C)C(OC(=O)N5CCOCC5)CCC45CC35CCC21C. The Bertz CT molecular complexity index is 1190. The lowest BCUT2D eigenvalue weighted by atomic mass is 9.41. The van der Waals surface area contributed by atoms with E-state index in [1.54, 1.807) is 7.05 Å². The molecule has 7 aliphatic rings. The lowest BCUT2D eigenvalue weighted by Crippen LogP contribution is -2.60. The normalized spacial score (nSPS) is 48.6. The van der Waals surface area contributed by atoms with Gasteiger partial charge in [0.2, 0.25) is 0 Å². The van der Waals surface area contributed by atoms with Gasteiger partial charge in [-0.2, -0.15) is 0 Å². The third-order valence-electron chi connectivity index (χ3n) is 15.4. The molecule has 254 valence electrons. The highest BCUT2D eigenvalue weighted by molar-refractivity contribution is 5.68. The predicted molar refractivity (Wildman–Crippen MR) is 168 cm³/mol. The number of nitrogens with one attached hydrogen (secondary N) is 1. The number of carbonyl (C=O) groups is 2. The summed E-state index contributed by atoms with van der Waals surface area (Å²) in [5.74, 6) is 1.39. The quantitative estimate of drug-likeness (QED) is 0.406. The van der Waals surface area contributed by atoms with Crippen molar-refractivity contribution in [3.8, 4) is 0 Å². The molecular weight excluding hydrogens is 572 g/mol. The monoisotopic (exact) mass is 630 g/mol. The first-order valence-electron chi connectivity index (χ1n) is 18.0. The van der Waals surface area contributed by atoms with Crippen LogP contribution in [0, 0.1) is 50.7 Å². The second-order valence-electron chi connectivity index (χ2n) is 17.3. The van der Waals surface area contributed by atoms with Gasteiger partial charge in [0, 0.05) is 31.0 Å². The van der Waals surface area contributed by atoms with Gasteiger partial charge in [-0.1, -0.05) is 41.5 Å². The second-order valence-corrected chi connectivity index (χ2v) is 17.3. The van der Waals surface area contributed by atoms with Crippen molar-refractivity contribution in [1.29, 1.82) is 0 Å². The van der Waals surface area contributed by atoms with Crippen LogP contribution in [-0.2, 0) is 18.9 Å². The Hall–Kier alpha value is -1.58. The molecule has 2 spiro atoms. The van der Waals surface area contributed by atoms with E-state index < -0.39 is 12.2 Å². The molecule has 0 radical (unpaired) electrons. The summed E-state index contributed by atoms with van der Waals surface area (Å²) in [6.45, 7) is 16.1. The van der Waals surface area contributed by atoms with E-state index in [-0.39, 0.29) is 63.5 Å². The summed E-state index contributed by atoms with van der Waals surface area (Å²) in [7, 11) is 1.59. The summed E-state index contributed by atoms with van der Waals surface area (Å²) in [6, 6.07) is 0. The summed E-state index contributed by atoms with van der Waals surface area (Å²) in [6.07, 6.45) is 7.70. The maximum absolute atomic E-state index is 13.1. The number of hydrogen-bond acceptors (Lipinski definition) is 7. The van der Waals surface area contributed by atoms with Crippen LogP contribution in [0.5, 0.6) is 0 Å². The average Bonchev–Trinajstić information content (AvgIpc) is 3.66. The van der Waals surface area contributed by atoms with Gasteiger partial charge < -0.3 is 34.3 Å². The smallest absolute Gasteiger partial charge is 0.410 e. The van der Waals surface area contributed by atoms with Crippen molar-refractivity contribution in [3.05, 3.63) is 0 Å². The van der Waals surface area contributed by atoms with Crippen LogP contribution < -0.4 is 5.32 Å². The molecule has 7 rings (SSSR count). The first kappa shape index (κ1) is 32.0. The third kappa shape index (κ3) is 4.27. The Kier molecular flexibility index (Phi) is 7.62. The van der Waals surface area contributed by atoms with Crippen molar-refractivity contribution in [2.45, 2.75) is 130 Å². The van der Waals surface area contributed by atoms with Crippen LogP contribution in [0.25, 0.3) is 0 Å². The van der Waals surface area contributed by atoms with Gasteiger partial charge in [0.25, 0.3) is 0 Å². The molecule has 0 aromatic carbocycles. The Balaban J connectivity index is 1.11. The van der Waals surface area contributed by atoms with Crippen LogP contribution in [0.1, 0.15) is 99.3 Å². The summed E-state index contributed by atoms with van der Waals surface area (Å²) in [5.41, 5.74) is 0.197. The topological polar surface area (TPSA) is 107 Å². The summed E-state index contributed by atoms with van der Waals surface area (Å²) < 4.78 is 24.4. The minimum absolute atomic E-state index is 0.00394. The molecule has 9 heteroatoms. The number of aliphatic hydroxyl groups excluding tert-OH is 1. The molecule has 9 nitrogen and oxygen atoms in total. The number of rotatable bonds is 4. The minimum Gasteiger partial charge on any atom is -0.446 e. The summed E-state index contributed by atoms with van der Waals surface area (Å²) in [5, 5.41) is 15.0. The summed E-state index contributed by atoms with van der Waals surface area (Å²) >= 11 is 0. The number of morpholine rings is 1. The zero-order valence-corrected chi connectivity index (χ0v) is 28.7. The van der Waals surface area contributed by atoms with Crippen LogP contribution in [0.3, 0.4) is 0 Å². The largest absolute Gasteiger partial charge is 0.446 e. The Morgan fingerprint density at radius 2 is 1.62 bits per heavy atom. The van der Waals surface area contributed by atoms with Gasteiger partial charge in [0.15, 0.2) is 0 Å². The molecule has 0 aromatic rings. The fraction of sp³-hybridized carbons (Fsp3) is 0.944. The van der Waals surface area contributed by atoms with E-state index in [9.17, 15) is 14.7 Å². The molecule has 12 atom stereocenters. The molecule has 0 aromatic heterocycles. The van der Waals surface area contributed by atoms with Crippen molar-refractivity contribution in [2.24, 2.45) is 50.7 Å². The van der Waals surface area contributed by atoms with Gasteiger partial charge >= 0.3 is 12.2 Å². The van der Waals surface area contributed by atoms with Crippen molar-refractivity contribution >= 4 is 12.2 Å². The van der Waals surface area contributed by atoms with Gasteiger partial charge in [-0.25, -0.2) is 9.59 Å². The number of aliphatic hydroxyl groups is 1.